The molecule has 0 saturated carbocycles. The summed E-state index contributed by atoms with van der Waals surface area (Å²) in [5.74, 6) is 0. The van der Waals surface area contributed by atoms with Crippen LogP contribution in [-0.4, -0.2) is 36.7 Å². The van der Waals surface area contributed by atoms with E-state index >= 15 is 0 Å². The Morgan fingerprint density at radius 3 is 2.54 bits per heavy atom. The Hall–Kier alpha value is -0.820. The summed E-state index contributed by atoms with van der Waals surface area (Å²) in [4.78, 5) is 0. The van der Waals surface area contributed by atoms with Gasteiger partial charge in [-0.3, -0.25) is 0 Å². The normalized spacial score (nSPS) is 10.2. The Morgan fingerprint density at radius 1 is 1.54 bits per heavy atom. The van der Waals surface area contributed by atoms with Crippen molar-refractivity contribution in [2.45, 2.75) is 13.8 Å². The van der Waals surface area contributed by atoms with Gasteiger partial charge >= 0.3 is 0 Å². The molecule has 0 aromatic carbocycles. The van der Waals surface area contributed by atoms with Gasteiger partial charge in [0.25, 0.3) is 0 Å². The zero-order valence-electron chi connectivity index (χ0n) is 9.01. The van der Waals surface area contributed by atoms with Crippen molar-refractivity contribution >= 4 is 0 Å². The van der Waals surface area contributed by atoms with E-state index in [0.29, 0.717) is 0 Å². The minimum Gasteiger partial charge on any atom is -0.240 e. The summed E-state index contributed by atoms with van der Waals surface area (Å²) in [6.07, 6.45) is 1.92. The van der Waals surface area contributed by atoms with Crippen LogP contribution in [0.1, 0.15) is 13.8 Å². The summed E-state index contributed by atoms with van der Waals surface area (Å²) in [6.45, 7) is 14.4. The predicted octanol–water partition coefficient (Wildman–Crippen LogP) is 2.07. The maximum atomic E-state index is 3.90. The molecule has 0 aromatic heterocycles. The first-order chi connectivity index (χ1) is 6.11. The number of rotatable bonds is 6. The molecule has 0 bridgehead atoms. The van der Waals surface area contributed by atoms with Gasteiger partial charge in [0.05, 0.1) is 0 Å². The topological polar surface area (TPSA) is 6.48 Å². The third kappa shape index (κ3) is 5.42. The Bertz CT molecular complexity index is 202. The number of likely N-dealkylation sites (N-methyl/N-ethyl adjacent to an activating group) is 2. The fourth-order valence-corrected chi connectivity index (χ4v) is 1.10. The Balaban J connectivity index is 4.05. The van der Waals surface area contributed by atoms with Crippen molar-refractivity contribution in [3.05, 3.63) is 30.5 Å². The van der Waals surface area contributed by atoms with Gasteiger partial charge < -0.3 is 0 Å². The molecule has 0 radical (unpaired) electrons. The Kier molecular flexibility index (Phi) is 6.25. The third-order valence-corrected chi connectivity index (χ3v) is 1.80. The van der Waals surface area contributed by atoms with Gasteiger partial charge in [-0.2, -0.15) is 0 Å². The highest BCUT2D eigenvalue weighted by Crippen LogP contribution is 1.99. The molecular formula is C11H20N2. The molecule has 0 aromatic rings. The summed E-state index contributed by atoms with van der Waals surface area (Å²) in [7, 11) is 2.06. The summed E-state index contributed by atoms with van der Waals surface area (Å²) in [6, 6.07) is 0. The molecule has 0 N–H and O–H groups in total. The van der Waals surface area contributed by atoms with Crippen LogP contribution in [0.4, 0.5) is 0 Å². The van der Waals surface area contributed by atoms with Crippen LogP contribution in [0.25, 0.3) is 0 Å². The van der Waals surface area contributed by atoms with E-state index < -0.39 is 0 Å². The maximum Gasteiger partial charge on any atom is 0.0385 e. The van der Waals surface area contributed by atoms with Gasteiger partial charge in [0, 0.05) is 26.7 Å². The third-order valence-electron chi connectivity index (χ3n) is 1.80. The second kappa shape index (κ2) is 6.67. The smallest absolute Gasteiger partial charge is 0.0385 e. The Labute approximate surface area is 81.8 Å². The van der Waals surface area contributed by atoms with Crippen molar-refractivity contribution < 1.29 is 0 Å². The molecule has 0 aliphatic heterocycles. The lowest BCUT2D eigenvalue weighted by atomic mass is 10.3. The number of hydrazine groups is 1. The van der Waals surface area contributed by atoms with E-state index in [4.69, 9.17) is 0 Å². The van der Waals surface area contributed by atoms with Gasteiger partial charge in [-0.1, -0.05) is 25.7 Å². The molecule has 13 heavy (non-hydrogen) atoms. The van der Waals surface area contributed by atoms with E-state index in [2.05, 4.69) is 42.9 Å². The number of nitrogens with zero attached hydrogens (tertiary/aromatic N) is 2. The van der Waals surface area contributed by atoms with Crippen molar-refractivity contribution in [2.24, 2.45) is 0 Å². The van der Waals surface area contributed by atoms with Crippen molar-refractivity contribution in [3.63, 3.8) is 0 Å². The molecule has 0 unspecified atom stereocenters. The molecular weight excluding hydrogens is 160 g/mol. The van der Waals surface area contributed by atoms with Gasteiger partial charge in [-0.05, 0) is 13.0 Å². The second-order valence-electron chi connectivity index (χ2n) is 3.19. The predicted molar refractivity (Wildman–Crippen MR) is 58.4 cm³/mol. The first-order valence-corrected chi connectivity index (χ1v) is 4.56. The molecule has 0 amide bonds. The van der Waals surface area contributed by atoms with Gasteiger partial charge in [0.1, 0.15) is 0 Å². The van der Waals surface area contributed by atoms with E-state index in [1.54, 1.807) is 0 Å². The van der Waals surface area contributed by atoms with Gasteiger partial charge in [-0.15, -0.1) is 5.73 Å². The zero-order chi connectivity index (χ0) is 10.3. The van der Waals surface area contributed by atoms with Crippen molar-refractivity contribution in [1.29, 1.82) is 0 Å². The van der Waals surface area contributed by atoms with Gasteiger partial charge in [-0.25, -0.2) is 10.0 Å². The molecule has 0 spiro atoms. The first-order valence-electron chi connectivity index (χ1n) is 4.56. The molecule has 2 nitrogen and oxygen atoms in total. The maximum absolute atomic E-state index is 3.90. The van der Waals surface area contributed by atoms with Crippen LogP contribution in [0, 0.1) is 0 Å². The highest BCUT2D eigenvalue weighted by Gasteiger charge is 2.06. The summed E-state index contributed by atoms with van der Waals surface area (Å²) < 4.78 is 0. The number of hydrogen-bond donors (Lipinski definition) is 0. The summed E-state index contributed by atoms with van der Waals surface area (Å²) in [5.41, 5.74) is 3.94. The van der Waals surface area contributed by atoms with Gasteiger partial charge in [0.15, 0.2) is 0 Å². The number of hydrogen-bond acceptors (Lipinski definition) is 2. The van der Waals surface area contributed by atoms with Crippen LogP contribution in [0.2, 0.25) is 0 Å². The quantitative estimate of drug-likeness (QED) is 0.351. The SMILES string of the molecule is C=C=CCN(C)N(CC)CC(=C)C. The molecule has 0 heterocycles. The standard InChI is InChI=1S/C11H20N2/c1-6-8-9-12(5)13(7-2)10-11(3)4/h8H,1,3,7,9-10H2,2,4-5H3. The average molecular weight is 180 g/mol. The van der Waals surface area contributed by atoms with Crippen molar-refractivity contribution in [1.82, 2.24) is 10.0 Å². The lowest BCUT2D eigenvalue weighted by Crippen LogP contribution is -2.40. The van der Waals surface area contributed by atoms with Crippen LogP contribution in [0.15, 0.2) is 30.5 Å². The van der Waals surface area contributed by atoms with Crippen LogP contribution in [0.5, 0.6) is 0 Å². The molecule has 0 aliphatic carbocycles. The monoisotopic (exact) mass is 180 g/mol. The zero-order valence-corrected chi connectivity index (χ0v) is 9.01. The molecule has 0 aliphatic rings. The Morgan fingerprint density at radius 2 is 2.15 bits per heavy atom. The first kappa shape index (κ1) is 12.2. The molecule has 0 atom stereocenters. The van der Waals surface area contributed by atoms with Gasteiger partial charge in [0.2, 0.25) is 0 Å². The van der Waals surface area contributed by atoms with E-state index in [9.17, 15) is 0 Å². The summed E-state index contributed by atoms with van der Waals surface area (Å²) in [5, 5.41) is 4.38. The highest BCUT2D eigenvalue weighted by atomic mass is 15.6. The van der Waals surface area contributed by atoms with Crippen LogP contribution in [0.3, 0.4) is 0 Å². The lowest BCUT2D eigenvalue weighted by molar-refractivity contribution is 0.0259. The van der Waals surface area contributed by atoms with E-state index in [1.807, 2.05) is 13.0 Å². The van der Waals surface area contributed by atoms with E-state index in [-0.39, 0.29) is 0 Å². The lowest BCUT2D eigenvalue weighted by Gasteiger charge is -2.29. The van der Waals surface area contributed by atoms with Crippen molar-refractivity contribution in [2.75, 3.05) is 26.7 Å². The van der Waals surface area contributed by atoms with Crippen LogP contribution < -0.4 is 0 Å². The molecule has 0 rings (SSSR count). The fourth-order valence-electron chi connectivity index (χ4n) is 1.10. The minimum atomic E-state index is 0.852. The largest absolute Gasteiger partial charge is 0.240 e. The molecule has 0 fully saturated rings. The van der Waals surface area contributed by atoms with Crippen molar-refractivity contribution in [3.8, 4) is 0 Å². The van der Waals surface area contributed by atoms with E-state index in [0.717, 1.165) is 19.6 Å². The average Bonchev–Trinajstić information content (AvgIpc) is 2.09. The molecule has 74 valence electrons. The summed E-state index contributed by atoms with van der Waals surface area (Å²) >= 11 is 0. The van der Waals surface area contributed by atoms with Crippen LogP contribution in [-0.2, 0) is 0 Å². The van der Waals surface area contributed by atoms with E-state index in [1.165, 1.54) is 5.57 Å². The minimum absolute atomic E-state index is 0.852. The fraction of sp³-hybridized carbons (Fsp3) is 0.545. The molecule has 2 heteroatoms. The van der Waals surface area contributed by atoms with Crippen LogP contribution >= 0.6 is 0 Å². The molecule has 0 saturated heterocycles. The second-order valence-corrected chi connectivity index (χ2v) is 3.19. The highest BCUT2D eigenvalue weighted by molar-refractivity contribution is 4.91.